The smallest absolute Gasteiger partial charge is 0.280 e. The first-order valence-corrected chi connectivity index (χ1v) is 10.9. The minimum Gasteiger partial charge on any atom is -0.355 e. The van der Waals surface area contributed by atoms with Crippen LogP contribution in [0.25, 0.3) is 28.1 Å². The molecule has 9 nitrogen and oxygen atoms in total. The number of ether oxygens (including phenoxy) is 1. The number of imidazole rings is 1. The first-order valence-electron chi connectivity index (χ1n) is 10.6. The van der Waals surface area contributed by atoms with Gasteiger partial charge in [-0.15, -0.1) is 0 Å². The van der Waals surface area contributed by atoms with E-state index in [0.29, 0.717) is 47.1 Å². The van der Waals surface area contributed by atoms with Crippen molar-refractivity contribution in [2.75, 3.05) is 6.61 Å². The molecule has 0 N–H and O–H groups in total. The van der Waals surface area contributed by atoms with Gasteiger partial charge in [-0.05, 0) is 44.2 Å². The molecule has 162 valence electrons. The Hall–Kier alpha value is -3.22. The maximum absolute atomic E-state index is 14.0. The number of nitriles is 1. The van der Waals surface area contributed by atoms with Gasteiger partial charge < -0.3 is 9.26 Å². The van der Waals surface area contributed by atoms with Crippen molar-refractivity contribution in [1.82, 2.24) is 24.1 Å². The van der Waals surface area contributed by atoms with Gasteiger partial charge in [-0.2, -0.15) is 10.2 Å². The number of hydrogen-bond donors (Lipinski definition) is 0. The molecule has 3 unspecified atom stereocenters. The summed E-state index contributed by atoms with van der Waals surface area (Å²) in [6, 6.07) is 5.58. The highest BCUT2D eigenvalue weighted by Crippen LogP contribution is 2.46. The SMILES string of the molecule is CC1CC1c1nc(-c2ncn3c2c(=O)n(C2(C)CCCO2)c2c(C#N)c(Cl)ccc23)no1. The molecule has 4 aromatic rings. The number of fused-ring (bicyclic) bond motifs is 3. The second-order valence-corrected chi connectivity index (χ2v) is 9.16. The van der Waals surface area contributed by atoms with E-state index >= 15 is 0 Å². The standard InChI is InChI=1S/C22H19ClN6O3/c1-11-8-12(11)20-26-19(27-32-20)16-18-21(30)29(22(2)6-3-7-31-22)17-13(9-24)14(23)4-5-15(17)28(18)10-25-16/h4-5,10-12H,3,6-8H2,1-2H3. The van der Waals surface area contributed by atoms with Crippen molar-refractivity contribution in [2.24, 2.45) is 5.92 Å². The predicted molar refractivity (Wildman–Crippen MR) is 115 cm³/mol. The van der Waals surface area contributed by atoms with Crippen LogP contribution in [0.5, 0.6) is 0 Å². The van der Waals surface area contributed by atoms with Gasteiger partial charge in [-0.1, -0.05) is 23.7 Å². The van der Waals surface area contributed by atoms with Crippen LogP contribution in [-0.4, -0.2) is 30.7 Å². The predicted octanol–water partition coefficient (Wildman–Crippen LogP) is 3.83. The average molecular weight is 451 g/mol. The molecule has 6 rings (SSSR count). The highest BCUT2D eigenvalue weighted by Gasteiger charge is 2.40. The summed E-state index contributed by atoms with van der Waals surface area (Å²) in [4.78, 5) is 22.9. The summed E-state index contributed by atoms with van der Waals surface area (Å²) in [5.74, 6) is 1.61. The van der Waals surface area contributed by atoms with Crippen molar-refractivity contribution < 1.29 is 9.26 Å². The average Bonchev–Trinajstić information content (AvgIpc) is 3.19. The first-order chi connectivity index (χ1) is 15.4. The van der Waals surface area contributed by atoms with E-state index in [4.69, 9.17) is 20.9 Å². The number of benzene rings is 1. The molecule has 2 aliphatic rings. The largest absolute Gasteiger partial charge is 0.355 e. The summed E-state index contributed by atoms with van der Waals surface area (Å²) in [7, 11) is 0. The van der Waals surface area contributed by atoms with Crippen LogP contribution in [0.2, 0.25) is 5.02 Å². The third-order valence-corrected chi connectivity index (χ3v) is 6.94. The Bertz CT molecular complexity index is 1500. The molecule has 1 aromatic carbocycles. The maximum Gasteiger partial charge on any atom is 0.280 e. The molecule has 1 aliphatic carbocycles. The summed E-state index contributed by atoms with van der Waals surface area (Å²) in [5, 5.41) is 14.2. The molecule has 4 heterocycles. The van der Waals surface area contributed by atoms with Gasteiger partial charge in [0.05, 0.1) is 21.6 Å². The molecular formula is C22H19ClN6O3. The van der Waals surface area contributed by atoms with Gasteiger partial charge in [0.25, 0.3) is 5.56 Å². The molecule has 1 aliphatic heterocycles. The Kier molecular flexibility index (Phi) is 4.04. The van der Waals surface area contributed by atoms with E-state index in [1.807, 2.05) is 6.92 Å². The van der Waals surface area contributed by atoms with Gasteiger partial charge in [0, 0.05) is 12.5 Å². The highest BCUT2D eigenvalue weighted by atomic mass is 35.5. The molecule has 10 heteroatoms. The molecule has 32 heavy (non-hydrogen) atoms. The van der Waals surface area contributed by atoms with Crippen LogP contribution in [0.3, 0.4) is 0 Å². The highest BCUT2D eigenvalue weighted by molar-refractivity contribution is 6.32. The first kappa shape index (κ1) is 19.5. The molecule has 0 radical (unpaired) electrons. The van der Waals surface area contributed by atoms with Crippen molar-refractivity contribution in [1.29, 1.82) is 5.26 Å². The minimum atomic E-state index is -0.916. The molecular weight excluding hydrogens is 432 g/mol. The number of hydrogen-bond acceptors (Lipinski definition) is 7. The Morgan fingerprint density at radius 2 is 2.16 bits per heavy atom. The summed E-state index contributed by atoms with van der Waals surface area (Å²) >= 11 is 6.35. The van der Waals surface area contributed by atoms with Crippen molar-refractivity contribution in [3.05, 3.63) is 45.3 Å². The molecule has 0 spiro atoms. The second-order valence-electron chi connectivity index (χ2n) is 8.76. The Morgan fingerprint density at radius 1 is 1.34 bits per heavy atom. The Morgan fingerprint density at radius 3 is 2.84 bits per heavy atom. The van der Waals surface area contributed by atoms with Crippen LogP contribution in [-0.2, 0) is 10.5 Å². The third-order valence-electron chi connectivity index (χ3n) is 6.63. The Labute approximate surface area is 187 Å². The lowest BCUT2D eigenvalue weighted by atomic mass is 10.1. The van der Waals surface area contributed by atoms with E-state index in [1.165, 1.54) is 0 Å². The van der Waals surface area contributed by atoms with Gasteiger partial charge in [-0.25, -0.2) is 4.98 Å². The van der Waals surface area contributed by atoms with E-state index in [2.05, 4.69) is 28.1 Å². The van der Waals surface area contributed by atoms with Gasteiger partial charge in [0.1, 0.15) is 29.3 Å². The van der Waals surface area contributed by atoms with Crippen LogP contribution in [0.1, 0.15) is 50.5 Å². The lowest BCUT2D eigenvalue weighted by Crippen LogP contribution is -2.39. The van der Waals surface area contributed by atoms with Gasteiger partial charge in [-0.3, -0.25) is 13.8 Å². The zero-order valence-electron chi connectivity index (χ0n) is 17.5. The Balaban J connectivity index is 1.70. The summed E-state index contributed by atoms with van der Waals surface area (Å²) in [6.45, 7) is 4.51. The fourth-order valence-corrected chi connectivity index (χ4v) is 4.92. The fourth-order valence-electron chi connectivity index (χ4n) is 4.73. The molecule has 3 aromatic heterocycles. The van der Waals surface area contributed by atoms with E-state index < -0.39 is 5.72 Å². The molecule has 1 saturated heterocycles. The lowest BCUT2D eigenvalue weighted by Gasteiger charge is -2.28. The number of halogens is 1. The van der Waals surface area contributed by atoms with Crippen molar-refractivity contribution in [3.8, 4) is 17.6 Å². The number of nitrogens with zero attached hydrogens (tertiary/aromatic N) is 6. The van der Waals surface area contributed by atoms with E-state index in [9.17, 15) is 10.1 Å². The second kappa shape index (κ2) is 6.64. The topological polar surface area (TPSA) is 111 Å². The van der Waals surface area contributed by atoms with Gasteiger partial charge in [0.15, 0.2) is 0 Å². The van der Waals surface area contributed by atoms with Crippen LogP contribution >= 0.6 is 11.6 Å². The van der Waals surface area contributed by atoms with E-state index in [0.717, 1.165) is 12.8 Å². The third kappa shape index (κ3) is 2.60. The summed E-state index contributed by atoms with van der Waals surface area (Å²) in [5.41, 5.74) is 0.641. The van der Waals surface area contributed by atoms with Crippen LogP contribution in [0.15, 0.2) is 27.8 Å². The van der Waals surface area contributed by atoms with Crippen molar-refractivity contribution in [3.63, 3.8) is 0 Å². The van der Waals surface area contributed by atoms with E-state index in [1.54, 1.807) is 27.4 Å². The van der Waals surface area contributed by atoms with Crippen LogP contribution in [0, 0.1) is 17.2 Å². The zero-order valence-corrected chi connectivity index (χ0v) is 18.3. The molecule has 3 atom stereocenters. The molecule has 1 saturated carbocycles. The zero-order chi connectivity index (χ0) is 22.2. The summed E-state index contributed by atoms with van der Waals surface area (Å²) in [6.07, 6.45) is 3.99. The number of aromatic nitrogens is 5. The van der Waals surface area contributed by atoms with E-state index in [-0.39, 0.29) is 27.9 Å². The van der Waals surface area contributed by atoms with Crippen LogP contribution in [0.4, 0.5) is 0 Å². The number of rotatable bonds is 3. The quantitative estimate of drug-likeness (QED) is 0.466. The molecule has 2 fully saturated rings. The van der Waals surface area contributed by atoms with Gasteiger partial charge >= 0.3 is 0 Å². The normalized spacial score (nSPS) is 24.9. The molecule has 0 bridgehead atoms. The molecule has 0 amide bonds. The maximum atomic E-state index is 14.0. The summed E-state index contributed by atoms with van der Waals surface area (Å²) < 4.78 is 14.7. The van der Waals surface area contributed by atoms with Crippen LogP contribution < -0.4 is 5.56 Å². The minimum absolute atomic E-state index is 0.222. The fraction of sp³-hybridized carbons (Fsp3) is 0.409. The van der Waals surface area contributed by atoms with Crippen molar-refractivity contribution in [2.45, 2.75) is 44.8 Å². The van der Waals surface area contributed by atoms with Gasteiger partial charge in [0.2, 0.25) is 11.7 Å². The lowest BCUT2D eigenvalue weighted by molar-refractivity contribution is -0.0448. The monoisotopic (exact) mass is 450 g/mol. The van der Waals surface area contributed by atoms with Crippen molar-refractivity contribution >= 4 is 28.2 Å².